The maximum atomic E-state index is 12.2. The van der Waals surface area contributed by atoms with Gasteiger partial charge in [0.1, 0.15) is 7.85 Å². The molecule has 0 aliphatic carbocycles. The lowest BCUT2D eigenvalue weighted by atomic mass is 9.95. The average molecular weight is 314 g/mol. The Hall–Kier alpha value is 0.325. The zero-order valence-electron chi connectivity index (χ0n) is 11.6. The van der Waals surface area contributed by atoms with Crippen molar-refractivity contribution in [2.75, 3.05) is 13.3 Å². The Morgan fingerprint density at radius 1 is 1.42 bits per heavy atom. The van der Waals surface area contributed by atoms with E-state index in [1.165, 1.54) is 0 Å². The van der Waals surface area contributed by atoms with Gasteiger partial charge in [-0.05, 0) is 0 Å². The summed E-state index contributed by atoms with van der Waals surface area (Å²) in [7, 11) is -5.41. The molecular formula is C9H21BO7P2. The Morgan fingerprint density at radius 2 is 2.00 bits per heavy atom. The molecule has 7 nitrogen and oxygen atoms in total. The van der Waals surface area contributed by atoms with Crippen LogP contribution in [0.5, 0.6) is 0 Å². The first-order valence-electron chi connectivity index (χ1n) is 6.12. The lowest BCUT2D eigenvalue weighted by molar-refractivity contribution is 0.0319. The highest BCUT2D eigenvalue weighted by molar-refractivity contribution is 7.58. The molecule has 1 aliphatic rings. The molecule has 10 heteroatoms. The smallest absolute Gasteiger partial charge is 0.379 e. The monoisotopic (exact) mass is 314 g/mol. The Balaban J connectivity index is 2.52. The van der Waals surface area contributed by atoms with Gasteiger partial charge < -0.3 is 19.0 Å². The van der Waals surface area contributed by atoms with E-state index in [4.69, 9.17) is 19.0 Å². The number of hydrogen-bond acceptors (Lipinski definition) is 5. The predicted molar refractivity (Wildman–Crippen MR) is 73.4 cm³/mol. The van der Waals surface area contributed by atoms with Crippen molar-refractivity contribution in [3.8, 4) is 0 Å². The molecule has 0 saturated carbocycles. The van der Waals surface area contributed by atoms with Gasteiger partial charge in [0.2, 0.25) is 7.37 Å². The van der Waals surface area contributed by atoms with Crippen LogP contribution in [-0.2, 0) is 22.9 Å². The van der Waals surface area contributed by atoms with Gasteiger partial charge >= 0.3 is 7.82 Å². The Kier molecular flexibility index (Phi) is 5.85. The largest absolute Gasteiger partial charge is 0.469 e. The SMILES string of the molecule is B[C@@H]1O[C@H](COP(=O)(O)O)C[C@H]1OP(C)(=O)C(C)C. The summed E-state index contributed by atoms with van der Waals surface area (Å²) in [5.41, 5.74) is -0.0786. The molecule has 4 atom stereocenters. The predicted octanol–water partition coefficient (Wildman–Crippen LogP) is 0.545. The fourth-order valence-corrected chi connectivity index (χ4v) is 3.10. The Labute approximate surface area is 114 Å². The molecule has 0 aromatic heterocycles. The van der Waals surface area contributed by atoms with Crippen molar-refractivity contribution in [2.24, 2.45) is 0 Å². The van der Waals surface area contributed by atoms with Gasteiger partial charge in [-0.15, -0.1) is 0 Å². The van der Waals surface area contributed by atoms with E-state index in [0.29, 0.717) is 6.42 Å². The Morgan fingerprint density at radius 3 is 2.47 bits per heavy atom. The summed E-state index contributed by atoms with van der Waals surface area (Å²) >= 11 is 0. The van der Waals surface area contributed by atoms with Gasteiger partial charge in [0.05, 0.1) is 24.8 Å². The van der Waals surface area contributed by atoms with E-state index >= 15 is 0 Å². The Bertz CT molecular complexity index is 396. The summed E-state index contributed by atoms with van der Waals surface area (Å²) in [6.07, 6.45) is -0.394. The van der Waals surface area contributed by atoms with Gasteiger partial charge in [-0.25, -0.2) is 4.57 Å². The molecule has 1 aliphatic heterocycles. The van der Waals surface area contributed by atoms with Crippen LogP contribution >= 0.6 is 15.2 Å². The quantitative estimate of drug-likeness (QED) is 0.545. The van der Waals surface area contributed by atoms with Crippen molar-refractivity contribution in [2.45, 2.75) is 44.1 Å². The van der Waals surface area contributed by atoms with Crippen LogP contribution in [0.25, 0.3) is 0 Å². The van der Waals surface area contributed by atoms with Gasteiger partial charge in [-0.2, -0.15) is 0 Å². The zero-order valence-corrected chi connectivity index (χ0v) is 13.3. The highest BCUT2D eigenvalue weighted by Crippen LogP contribution is 2.50. The second kappa shape index (κ2) is 6.40. The van der Waals surface area contributed by atoms with Crippen molar-refractivity contribution in [1.29, 1.82) is 0 Å². The van der Waals surface area contributed by atoms with Gasteiger partial charge in [0, 0.05) is 18.7 Å². The van der Waals surface area contributed by atoms with E-state index in [1.54, 1.807) is 14.5 Å². The van der Waals surface area contributed by atoms with Crippen LogP contribution in [-0.4, -0.2) is 54.8 Å². The summed E-state index contributed by atoms with van der Waals surface area (Å²) in [5.74, 6) is 0. The van der Waals surface area contributed by atoms with Gasteiger partial charge in [0.15, 0.2) is 0 Å². The molecule has 0 amide bonds. The molecule has 112 valence electrons. The molecule has 0 bridgehead atoms. The van der Waals surface area contributed by atoms with E-state index in [-0.39, 0.29) is 24.4 Å². The standard InChI is InChI=1S/C9H21BO7P2/c1-6(2)18(3,11)17-8-4-7(16-9(8)10)5-15-19(12,13)14/h6-9H,4-5,10H2,1-3H3,(H2,12,13,14)/t7-,8+,9+,18?/m0/s1. The van der Waals surface area contributed by atoms with Gasteiger partial charge in [-0.1, -0.05) is 13.8 Å². The minimum absolute atomic E-state index is 0.0786. The molecule has 0 aromatic carbocycles. The molecule has 1 heterocycles. The van der Waals surface area contributed by atoms with E-state index in [0.717, 1.165) is 0 Å². The maximum Gasteiger partial charge on any atom is 0.469 e. The summed E-state index contributed by atoms with van der Waals surface area (Å²) in [6, 6.07) is -0.280. The van der Waals surface area contributed by atoms with Crippen molar-refractivity contribution < 1.29 is 32.7 Å². The molecule has 0 radical (unpaired) electrons. The first-order chi connectivity index (χ1) is 8.51. The molecule has 1 fully saturated rings. The molecule has 1 rings (SSSR count). The summed E-state index contributed by atoms with van der Waals surface area (Å²) < 4.78 is 38.3. The highest BCUT2D eigenvalue weighted by atomic mass is 31.2. The van der Waals surface area contributed by atoms with E-state index in [9.17, 15) is 9.13 Å². The summed E-state index contributed by atoms with van der Waals surface area (Å²) in [6.45, 7) is 5.04. The number of phosphoric ester groups is 1. The van der Waals surface area contributed by atoms with Crippen LogP contribution in [0.3, 0.4) is 0 Å². The molecular weight excluding hydrogens is 293 g/mol. The highest BCUT2D eigenvalue weighted by Gasteiger charge is 2.38. The molecule has 1 unspecified atom stereocenters. The normalized spacial score (nSPS) is 31.6. The van der Waals surface area contributed by atoms with Crippen LogP contribution in [0.1, 0.15) is 20.3 Å². The topological polar surface area (TPSA) is 102 Å². The molecule has 19 heavy (non-hydrogen) atoms. The molecule has 2 N–H and O–H groups in total. The number of phosphoric acid groups is 1. The van der Waals surface area contributed by atoms with Crippen LogP contribution in [0.2, 0.25) is 0 Å². The zero-order chi connectivity index (χ0) is 14.8. The van der Waals surface area contributed by atoms with E-state index in [2.05, 4.69) is 4.52 Å². The van der Waals surface area contributed by atoms with Gasteiger partial charge in [-0.3, -0.25) is 9.09 Å². The van der Waals surface area contributed by atoms with E-state index in [1.807, 2.05) is 13.8 Å². The second-order valence-corrected chi connectivity index (χ2v) is 9.43. The van der Waals surface area contributed by atoms with Crippen LogP contribution in [0.4, 0.5) is 0 Å². The number of ether oxygens (including phenoxy) is 1. The minimum Gasteiger partial charge on any atom is -0.379 e. The molecule has 1 saturated heterocycles. The van der Waals surface area contributed by atoms with Crippen molar-refractivity contribution in [3.05, 3.63) is 0 Å². The summed E-state index contributed by atoms with van der Waals surface area (Å²) in [4.78, 5) is 17.3. The fraction of sp³-hybridized carbons (Fsp3) is 1.00. The van der Waals surface area contributed by atoms with Crippen LogP contribution in [0.15, 0.2) is 0 Å². The number of hydrogen-bond donors (Lipinski definition) is 2. The maximum absolute atomic E-state index is 12.2. The fourth-order valence-electron chi connectivity index (χ4n) is 1.70. The lowest BCUT2D eigenvalue weighted by Gasteiger charge is -2.23. The second-order valence-electron chi connectivity index (χ2n) is 5.13. The number of rotatable bonds is 6. The van der Waals surface area contributed by atoms with Gasteiger partial charge in [0.25, 0.3) is 0 Å². The third-order valence-corrected chi connectivity index (χ3v) is 6.19. The molecule has 0 aromatic rings. The first kappa shape index (κ1) is 17.4. The minimum atomic E-state index is -4.49. The van der Waals surface area contributed by atoms with Crippen molar-refractivity contribution >= 4 is 23.0 Å². The van der Waals surface area contributed by atoms with E-state index < -0.39 is 21.3 Å². The lowest BCUT2D eigenvalue weighted by Crippen LogP contribution is -2.24. The van der Waals surface area contributed by atoms with Crippen molar-refractivity contribution in [1.82, 2.24) is 0 Å². The molecule has 0 spiro atoms. The first-order valence-corrected chi connectivity index (χ1v) is 9.79. The third-order valence-electron chi connectivity index (χ3n) is 3.14. The van der Waals surface area contributed by atoms with Crippen LogP contribution < -0.4 is 0 Å². The van der Waals surface area contributed by atoms with Crippen LogP contribution in [0, 0.1) is 0 Å². The summed E-state index contributed by atoms with van der Waals surface area (Å²) in [5, 5.41) is 0. The van der Waals surface area contributed by atoms with Crippen molar-refractivity contribution in [3.63, 3.8) is 0 Å². The third kappa shape index (κ3) is 5.68. The average Bonchev–Trinajstić information content (AvgIpc) is 2.55.